The van der Waals surface area contributed by atoms with Crippen LogP contribution in [-0.2, 0) is 23.0 Å². The van der Waals surface area contributed by atoms with E-state index >= 15 is 0 Å². The first-order chi connectivity index (χ1) is 11.5. The smallest absolute Gasteiger partial charge is 0.323 e. The average molecular weight is 347 g/mol. The van der Waals surface area contributed by atoms with Crippen molar-refractivity contribution in [3.8, 4) is 0 Å². The summed E-state index contributed by atoms with van der Waals surface area (Å²) in [5, 5.41) is 0. The molecule has 1 aliphatic heterocycles. The molecule has 3 N–H and O–H groups in total. The number of imidazole rings is 2. The zero-order chi connectivity index (χ0) is 16.7. The number of nitrogens with zero attached hydrogens (tertiary/aromatic N) is 2. The van der Waals surface area contributed by atoms with E-state index in [2.05, 4.69) is 24.2 Å². The largest absolute Gasteiger partial charge is 0.335 e. The molecule has 2 aromatic heterocycles. The Bertz CT molecular complexity index is 1050. The van der Waals surface area contributed by atoms with Gasteiger partial charge in [-0.15, -0.1) is 0 Å². The van der Waals surface area contributed by atoms with E-state index in [-0.39, 0.29) is 16.5 Å². The molecule has 1 aromatic carbocycles. The summed E-state index contributed by atoms with van der Waals surface area (Å²) in [4.78, 5) is 20.9. The van der Waals surface area contributed by atoms with Crippen molar-refractivity contribution in [3.05, 3.63) is 46.9 Å². The fourth-order valence-electron chi connectivity index (χ4n) is 3.08. The third kappa shape index (κ3) is 2.76. The highest BCUT2D eigenvalue weighted by molar-refractivity contribution is 7.89. The maximum atomic E-state index is 12.5. The molecule has 0 unspecified atom stereocenters. The van der Waals surface area contributed by atoms with Crippen molar-refractivity contribution in [1.29, 1.82) is 0 Å². The molecule has 0 radical (unpaired) electrons. The Morgan fingerprint density at radius 2 is 2.12 bits per heavy atom. The van der Waals surface area contributed by atoms with Crippen LogP contribution in [0.25, 0.3) is 11.0 Å². The summed E-state index contributed by atoms with van der Waals surface area (Å²) in [6.45, 7) is 1.23. The highest BCUT2D eigenvalue weighted by Crippen LogP contribution is 2.20. The molecule has 1 atom stereocenters. The van der Waals surface area contributed by atoms with Gasteiger partial charge in [0.1, 0.15) is 5.82 Å². The van der Waals surface area contributed by atoms with Crippen LogP contribution in [0, 0.1) is 5.92 Å². The fraction of sp³-hybridized carbons (Fsp3) is 0.333. The van der Waals surface area contributed by atoms with E-state index in [1.165, 1.54) is 12.1 Å². The first kappa shape index (κ1) is 15.2. The van der Waals surface area contributed by atoms with Gasteiger partial charge in [0.15, 0.2) is 0 Å². The van der Waals surface area contributed by atoms with Crippen molar-refractivity contribution in [3.63, 3.8) is 0 Å². The Hall–Kier alpha value is -2.39. The molecule has 8 nitrogen and oxygen atoms in total. The molecule has 1 aliphatic rings. The highest BCUT2D eigenvalue weighted by atomic mass is 32.2. The lowest BCUT2D eigenvalue weighted by molar-refractivity contribution is 0.379. The van der Waals surface area contributed by atoms with Crippen molar-refractivity contribution in [2.75, 3.05) is 6.54 Å². The lowest BCUT2D eigenvalue weighted by Crippen LogP contribution is -2.33. The van der Waals surface area contributed by atoms with Crippen LogP contribution in [0.5, 0.6) is 0 Å². The Morgan fingerprint density at radius 1 is 1.29 bits per heavy atom. The molecule has 0 bridgehead atoms. The predicted molar refractivity (Wildman–Crippen MR) is 88.1 cm³/mol. The van der Waals surface area contributed by atoms with Crippen LogP contribution in [0.4, 0.5) is 0 Å². The fourth-order valence-corrected chi connectivity index (χ4v) is 4.22. The van der Waals surface area contributed by atoms with Gasteiger partial charge in [0.05, 0.1) is 15.9 Å². The molecule has 0 amide bonds. The van der Waals surface area contributed by atoms with Crippen LogP contribution in [-0.4, -0.2) is 34.5 Å². The van der Waals surface area contributed by atoms with E-state index in [9.17, 15) is 13.2 Å². The summed E-state index contributed by atoms with van der Waals surface area (Å²) < 4.78 is 29.7. The van der Waals surface area contributed by atoms with Gasteiger partial charge in [-0.1, -0.05) is 0 Å². The molecular weight excluding hydrogens is 330 g/mol. The van der Waals surface area contributed by atoms with Gasteiger partial charge in [-0.2, -0.15) is 0 Å². The summed E-state index contributed by atoms with van der Waals surface area (Å²) in [6, 6.07) is 4.53. The number of hydrogen-bond donors (Lipinski definition) is 3. The third-order valence-corrected chi connectivity index (χ3v) is 5.83. The average Bonchev–Trinajstić information content (AvgIpc) is 3.16. The van der Waals surface area contributed by atoms with Gasteiger partial charge in [-0.25, -0.2) is 22.9 Å². The summed E-state index contributed by atoms with van der Waals surface area (Å²) >= 11 is 0. The molecule has 24 heavy (non-hydrogen) atoms. The van der Waals surface area contributed by atoms with Crippen molar-refractivity contribution < 1.29 is 8.42 Å². The van der Waals surface area contributed by atoms with Crippen LogP contribution in [0.3, 0.4) is 0 Å². The number of rotatable bonds is 4. The standard InChI is InChI=1S/C15H17N5O3S/c21-15-18-12-2-1-11(8-13(12)19-15)24(22,23)17-9-10-3-5-20-6-4-16-14(20)7-10/h1-2,4,6,8,10,17H,3,5,7,9H2,(H2,18,19,21)/t10-/m0/s1. The zero-order valence-electron chi connectivity index (χ0n) is 12.8. The Labute approximate surface area is 138 Å². The van der Waals surface area contributed by atoms with Crippen LogP contribution < -0.4 is 10.4 Å². The lowest BCUT2D eigenvalue weighted by atomic mass is 9.98. The number of H-pyrrole nitrogens is 2. The number of nitrogens with one attached hydrogen (secondary N) is 3. The van der Waals surface area contributed by atoms with E-state index in [1.807, 2.05) is 6.20 Å². The third-order valence-electron chi connectivity index (χ3n) is 4.41. The maximum Gasteiger partial charge on any atom is 0.323 e. The molecule has 0 fully saturated rings. The SMILES string of the molecule is O=c1[nH]c2ccc(S(=O)(=O)NC[C@H]3CCn4ccnc4C3)cc2[nH]1. The van der Waals surface area contributed by atoms with Crippen LogP contribution in [0.2, 0.25) is 0 Å². The van der Waals surface area contributed by atoms with Gasteiger partial charge in [0.2, 0.25) is 10.0 Å². The van der Waals surface area contributed by atoms with E-state index in [4.69, 9.17) is 0 Å². The minimum atomic E-state index is -3.62. The number of aryl methyl sites for hydroxylation is 1. The lowest BCUT2D eigenvalue weighted by Gasteiger charge is -2.23. The van der Waals surface area contributed by atoms with Gasteiger partial charge >= 0.3 is 5.69 Å². The second-order valence-corrected chi connectivity index (χ2v) is 7.80. The maximum absolute atomic E-state index is 12.5. The van der Waals surface area contributed by atoms with E-state index in [0.717, 1.165) is 25.2 Å². The zero-order valence-corrected chi connectivity index (χ0v) is 13.6. The quantitative estimate of drug-likeness (QED) is 0.641. The molecule has 0 aliphatic carbocycles. The predicted octanol–water partition coefficient (Wildman–Crippen LogP) is 0.594. The van der Waals surface area contributed by atoms with Crippen LogP contribution >= 0.6 is 0 Å². The molecule has 4 rings (SSSR count). The summed E-state index contributed by atoms with van der Waals surface area (Å²) in [7, 11) is -3.62. The number of aromatic nitrogens is 4. The monoisotopic (exact) mass is 347 g/mol. The van der Waals surface area contributed by atoms with Gasteiger partial charge in [0, 0.05) is 31.9 Å². The number of fused-ring (bicyclic) bond motifs is 2. The number of hydrogen-bond acceptors (Lipinski definition) is 4. The molecule has 9 heteroatoms. The van der Waals surface area contributed by atoms with Gasteiger partial charge in [-0.3, -0.25) is 0 Å². The highest BCUT2D eigenvalue weighted by Gasteiger charge is 2.22. The van der Waals surface area contributed by atoms with Crippen LogP contribution in [0.1, 0.15) is 12.2 Å². The molecule has 0 saturated carbocycles. The number of aromatic amines is 2. The molecule has 126 valence electrons. The minimum absolute atomic E-state index is 0.141. The van der Waals surface area contributed by atoms with Crippen LogP contribution in [0.15, 0.2) is 40.3 Å². The number of sulfonamides is 1. The first-order valence-corrected chi connectivity index (χ1v) is 9.21. The van der Waals surface area contributed by atoms with Gasteiger partial charge in [-0.05, 0) is 30.5 Å². The topological polar surface area (TPSA) is 113 Å². The Morgan fingerprint density at radius 3 is 3.00 bits per heavy atom. The normalized spacial score (nSPS) is 17.9. The second kappa shape index (κ2) is 5.60. The Balaban J connectivity index is 1.49. The molecular formula is C15H17N5O3S. The van der Waals surface area contributed by atoms with Crippen molar-refractivity contribution in [1.82, 2.24) is 24.2 Å². The Kier molecular flexibility index (Phi) is 3.54. The summed E-state index contributed by atoms with van der Waals surface area (Å²) in [5.41, 5.74) is 0.700. The minimum Gasteiger partial charge on any atom is -0.335 e. The van der Waals surface area contributed by atoms with Gasteiger partial charge < -0.3 is 14.5 Å². The first-order valence-electron chi connectivity index (χ1n) is 7.73. The number of benzene rings is 1. The van der Waals surface area contributed by atoms with Crippen molar-refractivity contribution in [2.45, 2.75) is 24.3 Å². The van der Waals surface area contributed by atoms with E-state index in [0.29, 0.717) is 17.6 Å². The molecule has 3 heterocycles. The summed E-state index contributed by atoms with van der Waals surface area (Å²) in [5.74, 6) is 1.22. The molecule has 3 aromatic rings. The van der Waals surface area contributed by atoms with Gasteiger partial charge in [0.25, 0.3) is 0 Å². The van der Waals surface area contributed by atoms with E-state index in [1.54, 1.807) is 12.3 Å². The van der Waals surface area contributed by atoms with Crippen molar-refractivity contribution >= 4 is 21.1 Å². The van der Waals surface area contributed by atoms with E-state index < -0.39 is 10.0 Å². The molecule has 0 saturated heterocycles. The summed E-state index contributed by atoms with van der Waals surface area (Å²) in [6.07, 6.45) is 5.40. The molecule has 0 spiro atoms. The second-order valence-electron chi connectivity index (χ2n) is 6.03. The van der Waals surface area contributed by atoms with Crippen molar-refractivity contribution in [2.24, 2.45) is 5.92 Å².